The van der Waals surface area contributed by atoms with E-state index in [1.165, 1.54) is 18.0 Å². The average Bonchev–Trinajstić information content (AvgIpc) is 2.63. The molecule has 24 heavy (non-hydrogen) atoms. The highest BCUT2D eigenvalue weighted by molar-refractivity contribution is 7.99. The van der Waals surface area contributed by atoms with Gasteiger partial charge in [-0.15, -0.1) is 11.8 Å². The summed E-state index contributed by atoms with van der Waals surface area (Å²) in [7, 11) is 1.55. The molecule has 7 nitrogen and oxygen atoms in total. The maximum Gasteiger partial charge on any atom is 0.222 e. The van der Waals surface area contributed by atoms with Crippen molar-refractivity contribution in [2.24, 2.45) is 0 Å². The SMILES string of the molecule is COc1ncccc1-c1ccc(O[C@@H]2SC[C@@H](O)[C@H](O)[C@H]2O)cn1. The molecule has 2 aromatic rings. The summed E-state index contributed by atoms with van der Waals surface area (Å²) >= 11 is 1.24. The first-order valence-corrected chi connectivity index (χ1v) is 8.43. The number of aliphatic hydroxyl groups excluding tert-OH is 3. The number of rotatable bonds is 4. The summed E-state index contributed by atoms with van der Waals surface area (Å²) in [5.74, 6) is 1.23. The Kier molecular flexibility index (Phi) is 5.20. The summed E-state index contributed by atoms with van der Waals surface area (Å²) in [5, 5.41) is 29.2. The summed E-state index contributed by atoms with van der Waals surface area (Å²) in [4.78, 5) is 8.47. The first-order valence-electron chi connectivity index (χ1n) is 7.38. The molecule has 0 spiro atoms. The first kappa shape index (κ1) is 17.0. The standard InChI is InChI=1S/C16H18N2O5S/c1-22-15-10(3-2-6-17-15)11-5-4-9(7-18-11)23-16-14(21)13(20)12(19)8-24-16/h2-7,12-14,16,19-21H,8H2,1H3/t12-,13+,14-,16-/m1/s1. The highest BCUT2D eigenvalue weighted by Gasteiger charge is 2.38. The van der Waals surface area contributed by atoms with Crippen molar-refractivity contribution in [3.05, 3.63) is 36.7 Å². The Morgan fingerprint density at radius 2 is 1.96 bits per heavy atom. The van der Waals surface area contributed by atoms with Crippen LogP contribution in [-0.2, 0) is 0 Å². The molecule has 2 aromatic heterocycles. The Morgan fingerprint density at radius 1 is 1.12 bits per heavy atom. The normalized spacial score (nSPS) is 26.8. The lowest BCUT2D eigenvalue weighted by molar-refractivity contribution is -0.0786. The zero-order chi connectivity index (χ0) is 17.1. The molecule has 0 radical (unpaired) electrons. The number of pyridine rings is 2. The van der Waals surface area contributed by atoms with Crippen molar-refractivity contribution in [2.45, 2.75) is 23.7 Å². The first-order chi connectivity index (χ1) is 11.6. The van der Waals surface area contributed by atoms with Gasteiger partial charge in [0, 0.05) is 11.9 Å². The second-order valence-corrected chi connectivity index (χ2v) is 6.44. The van der Waals surface area contributed by atoms with Gasteiger partial charge in [-0.3, -0.25) is 4.98 Å². The van der Waals surface area contributed by atoms with Gasteiger partial charge in [-0.2, -0.15) is 0 Å². The molecule has 3 heterocycles. The van der Waals surface area contributed by atoms with E-state index in [1.54, 1.807) is 31.5 Å². The quantitative estimate of drug-likeness (QED) is 0.740. The van der Waals surface area contributed by atoms with E-state index in [2.05, 4.69) is 9.97 Å². The van der Waals surface area contributed by atoms with Crippen molar-refractivity contribution < 1.29 is 24.8 Å². The predicted octanol–water partition coefficient (Wildman–Crippen LogP) is 0.687. The molecule has 4 atom stereocenters. The summed E-state index contributed by atoms with van der Waals surface area (Å²) in [6, 6.07) is 7.14. The summed E-state index contributed by atoms with van der Waals surface area (Å²) < 4.78 is 10.9. The monoisotopic (exact) mass is 350 g/mol. The van der Waals surface area contributed by atoms with E-state index in [0.29, 0.717) is 23.1 Å². The number of hydrogen-bond donors (Lipinski definition) is 3. The third-order valence-electron chi connectivity index (χ3n) is 3.68. The van der Waals surface area contributed by atoms with Gasteiger partial charge < -0.3 is 24.8 Å². The number of thioether (sulfide) groups is 1. The Hall–Kier alpha value is -1.87. The van der Waals surface area contributed by atoms with Crippen molar-refractivity contribution in [2.75, 3.05) is 12.9 Å². The molecule has 1 aliphatic heterocycles. The zero-order valence-electron chi connectivity index (χ0n) is 12.9. The summed E-state index contributed by atoms with van der Waals surface area (Å²) in [6.07, 6.45) is -0.170. The largest absolute Gasteiger partial charge is 0.481 e. The van der Waals surface area contributed by atoms with Crippen LogP contribution in [0.15, 0.2) is 36.7 Å². The molecule has 0 saturated carbocycles. The molecule has 0 aliphatic carbocycles. The van der Waals surface area contributed by atoms with Crippen LogP contribution < -0.4 is 9.47 Å². The average molecular weight is 350 g/mol. The van der Waals surface area contributed by atoms with Gasteiger partial charge in [0.25, 0.3) is 0 Å². The van der Waals surface area contributed by atoms with Crippen molar-refractivity contribution in [3.63, 3.8) is 0 Å². The highest BCUT2D eigenvalue weighted by atomic mass is 32.2. The van der Waals surface area contributed by atoms with Gasteiger partial charge >= 0.3 is 0 Å². The number of aliphatic hydroxyl groups is 3. The van der Waals surface area contributed by atoms with E-state index in [4.69, 9.17) is 9.47 Å². The molecule has 0 bridgehead atoms. The Morgan fingerprint density at radius 3 is 2.67 bits per heavy atom. The molecule has 0 amide bonds. The van der Waals surface area contributed by atoms with E-state index < -0.39 is 23.7 Å². The van der Waals surface area contributed by atoms with Crippen LogP contribution in [0.25, 0.3) is 11.3 Å². The number of methoxy groups -OCH3 is 1. The summed E-state index contributed by atoms with van der Waals surface area (Å²) in [6.45, 7) is 0. The summed E-state index contributed by atoms with van der Waals surface area (Å²) in [5.41, 5.74) is 0.778. The van der Waals surface area contributed by atoms with Gasteiger partial charge in [-0.05, 0) is 24.3 Å². The van der Waals surface area contributed by atoms with Crippen molar-refractivity contribution in [1.29, 1.82) is 0 Å². The zero-order valence-corrected chi connectivity index (χ0v) is 13.8. The fourth-order valence-electron chi connectivity index (χ4n) is 2.37. The van der Waals surface area contributed by atoms with Crippen molar-refractivity contribution in [1.82, 2.24) is 9.97 Å². The van der Waals surface area contributed by atoms with Gasteiger partial charge in [0.05, 0.1) is 30.7 Å². The second kappa shape index (κ2) is 7.35. The van der Waals surface area contributed by atoms with Crippen LogP contribution >= 0.6 is 11.8 Å². The minimum absolute atomic E-state index is 0.293. The van der Waals surface area contributed by atoms with E-state index in [0.717, 1.165) is 5.56 Å². The maximum absolute atomic E-state index is 9.97. The van der Waals surface area contributed by atoms with Crippen molar-refractivity contribution >= 4 is 11.8 Å². The van der Waals surface area contributed by atoms with E-state index in [1.807, 2.05) is 6.07 Å². The van der Waals surface area contributed by atoms with E-state index in [9.17, 15) is 15.3 Å². The number of nitrogens with zero attached hydrogens (tertiary/aromatic N) is 2. The van der Waals surface area contributed by atoms with Crippen LogP contribution in [0.2, 0.25) is 0 Å². The molecule has 1 aliphatic rings. The Balaban J connectivity index is 1.73. The molecule has 1 fully saturated rings. The van der Waals surface area contributed by atoms with E-state index in [-0.39, 0.29) is 0 Å². The Labute approximate surface area is 143 Å². The minimum atomic E-state index is -1.22. The van der Waals surface area contributed by atoms with Crippen LogP contribution in [-0.4, -0.2) is 61.9 Å². The van der Waals surface area contributed by atoms with Crippen LogP contribution in [0.4, 0.5) is 0 Å². The smallest absolute Gasteiger partial charge is 0.222 e. The molecule has 0 unspecified atom stereocenters. The van der Waals surface area contributed by atoms with Gasteiger partial charge in [0.1, 0.15) is 18.0 Å². The van der Waals surface area contributed by atoms with Crippen LogP contribution in [0.5, 0.6) is 11.6 Å². The van der Waals surface area contributed by atoms with Gasteiger partial charge in [-0.1, -0.05) is 0 Å². The van der Waals surface area contributed by atoms with Gasteiger partial charge in [-0.25, -0.2) is 4.98 Å². The fraction of sp³-hybridized carbons (Fsp3) is 0.375. The van der Waals surface area contributed by atoms with Crippen molar-refractivity contribution in [3.8, 4) is 22.9 Å². The molecule has 3 rings (SSSR count). The minimum Gasteiger partial charge on any atom is -0.481 e. The molecular formula is C16H18N2O5S. The maximum atomic E-state index is 9.97. The molecule has 3 N–H and O–H groups in total. The van der Waals surface area contributed by atoms with Crippen LogP contribution in [0.3, 0.4) is 0 Å². The predicted molar refractivity (Wildman–Crippen MR) is 88.9 cm³/mol. The van der Waals surface area contributed by atoms with Crippen LogP contribution in [0.1, 0.15) is 0 Å². The lowest BCUT2D eigenvalue weighted by atomic mass is 10.1. The number of aromatic nitrogens is 2. The van der Waals surface area contributed by atoms with Crippen LogP contribution in [0, 0.1) is 0 Å². The molecular weight excluding hydrogens is 332 g/mol. The number of ether oxygens (including phenoxy) is 2. The van der Waals surface area contributed by atoms with Gasteiger partial charge in [0.2, 0.25) is 5.88 Å². The Bertz CT molecular complexity index is 684. The lowest BCUT2D eigenvalue weighted by Gasteiger charge is -2.34. The van der Waals surface area contributed by atoms with Gasteiger partial charge in [0.15, 0.2) is 5.44 Å². The second-order valence-electron chi connectivity index (χ2n) is 5.31. The number of hydrogen-bond acceptors (Lipinski definition) is 8. The highest BCUT2D eigenvalue weighted by Crippen LogP contribution is 2.30. The molecule has 128 valence electrons. The lowest BCUT2D eigenvalue weighted by Crippen LogP contribution is -2.50. The molecule has 1 saturated heterocycles. The molecule has 0 aromatic carbocycles. The topological polar surface area (TPSA) is 105 Å². The third kappa shape index (κ3) is 3.46. The molecule has 8 heteroatoms. The third-order valence-corrected chi connectivity index (χ3v) is 4.92. The fourth-order valence-corrected chi connectivity index (χ4v) is 3.50. The van der Waals surface area contributed by atoms with E-state index >= 15 is 0 Å².